The number of nitrogens with zero attached hydrogens (tertiary/aromatic N) is 1. The highest BCUT2D eigenvalue weighted by Gasteiger charge is 2.36. The van der Waals surface area contributed by atoms with E-state index in [1.807, 2.05) is 0 Å². The van der Waals surface area contributed by atoms with Crippen molar-refractivity contribution in [3.05, 3.63) is 34.5 Å². The smallest absolute Gasteiger partial charge is 0.106 e. The summed E-state index contributed by atoms with van der Waals surface area (Å²) in [5.74, 6) is 0. The second kappa shape index (κ2) is 5.64. The molecular formula is C20H28N2O. The summed E-state index contributed by atoms with van der Waals surface area (Å²) in [5, 5.41) is 1.44. The van der Waals surface area contributed by atoms with E-state index in [1.54, 1.807) is 11.1 Å². The van der Waals surface area contributed by atoms with Crippen molar-refractivity contribution in [2.75, 3.05) is 27.2 Å². The minimum atomic E-state index is -0.182. The van der Waals surface area contributed by atoms with E-state index in [-0.39, 0.29) is 5.60 Å². The molecule has 0 radical (unpaired) electrons. The Hall–Kier alpha value is -1.32. The summed E-state index contributed by atoms with van der Waals surface area (Å²) in [5.41, 5.74) is 7.17. The fourth-order valence-electron chi connectivity index (χ4n) is 4.35. The number of aromatic nitrogens is 1. The number of benzene rings is 1. The first kappa shape index (κ1) is 15.2. The van der Waals surface area contributed by atoms with Gasteiger partial charge in [0.2, 0.25) is 0 Å². The molecule has 23 heavy (non-hydrogen) atoms. The van der Waals surface area contributed by atoms with Crippen molar-refractivity contribution >= 4 is 10.9 Å². The number of hydrogen-bond acceptors (Lipinski definition) is 2. The number of aromatic amines is 1. The topological polar surface area (TPSA) is 28.3 Å². The van der Waals surface area contributed by atoms with Gasteiger partial charge >= 0.3 is 0 Å². The molecule has 0 amide bonds. The Morgan fingerprint density at radius 3 is 2.78 bits per heavy atom. The van der Waals surface area contributed by atoms with Crippen LogP contribution in [0, 0.1) is 0 Å². The fraction of sp³-hybridized carbons (Fsp3) is 0.600. The molecule has 4 rings (SSSR count). The van der Waals surface area contributed by atoms with Crippen molar-refractivity contribution < 1.29 is 4.74 Å². The molecule has 0 spiro atoms. The van der Waals surface area contributed by atoms with Gasteiger partial charge in [-0.3, -0.25) is 0 Å². The zero-order valence-corrected chi connectivity index (χ0v) is 14.7. The molecule has 1 aromatic heterocycles. The lowest BCUT2D eigenvalue weighted by molar-refractivity contribution is -0.0578. The number of fused-ring (bicyclic) bond motifs is 5. The van der Waals surface area contributed by atoms with Crippen molar-refractivity contribution in [2.45, 2.75) is 51.0 Å². The predicted molar refractivity (Wildman–Crippen MR) is 95.1 cm³/mol. The molecule has 1 unspecified atom stereocenters. The largest absolute Gasteiger partial charge is 0.369 e. The molecule has 1 aliphatic carbocycles. The number of ether oxygens (including phenoxy) is 1. The summed E-state index contributed by atoms with van der Waals surface area (Å²) in [7, 11) is 4.27. The van der Waals surface area contributed by atoms with Crippen LogP contribution in [0.5, 0.6) is 0 Å². The molecular weight excluding hydrogens is 284 g/mol. The second-order valence-electron chi connectivity index (χ2n) is 7.69. The molecule has 2 aliphatic rings. The average molecular weight is 312 g/mol. The Bertz CT molecular complexity index is 731. The normalized spacial score (nSPS) is 24.0. The van der Waals surface area contributed by atoms with E-state index in [9.17, 15) is 0 Å². The van der Waals surface area contributed by atoms with E-state index in [1.165, 1.54) is 47.8 Å². The van der Waals surface area contributed by atoms with E-state index in [4.69, 9.17) is 4.74 Å². The van der Waals surface area contributed by atoms with Crippen LogP contribution in [0.2, 0.25) is 0 Å². The Balaban J connectivity index is 1.83. The molecule has 2 aromatic rings. The summed E-state index contributed by atoms with van der Waals surface area (Å²) in [6, 6.07) is 4.73. The zero-order valence-electron chi connectivity index (χ0n) is 14.7. The zero-order chi connectivity index (χ0) is 16.0. The van der Waals surface area contributed by atoms with Crippen molar-refractivity contribution in [3.63, 3.8) is 0 Å². The molecule has 1 aromatic carbocycles. The van der Waals surface area contributed by atoms with Gasteiger partial charge in [0.1, 0.15) is 5.60 Å². The first-order chi connectivity index (χ1) is 11.1. The maximum Gasteiger partial charge on any atom is 0.106 e. The Kier molecular flexibility index (Phi) is 3.73. The van der Waals surface area contributed by atoms with E-state index >= 15 is 0 Å². The molecule has 0 saturated carbocycles. The van der Waals surface area contributed by atoms with Gasteiger partial charge in [0.25, 0.3) is 0 Å². The standard InChI is InChI=1S/C20H28N2O/c1-20(11-12-22(2)3)19-17(10-13-23-20)16-9-8-14-6-4-5-7-15(14)18(16)21-19/h8-9,21H,4-7,10-13H2,1-3H3. The van der Waals surface area contributed by atoms with Crippen LogP contribution in [0.1, 0.15) is 48.6 Å². The third-order valence-electron chi connectivity index (χ3n) is 5.75. The van der Waals surface area contributed by atoms with E-state index in [2.05, 4.69) is 43.0 Å². The van der Waals surface area contributed by atoms with Gasteiger partial charge in [-0.2, -0.15) is 0 Å². The molecule has 124 valence electrons. The fourth-order valence-corrected chi connectivity index (χ4v) is 4.35. The van der Waals surface area contributed by atoms with Crippen LogP contribution in [0.3, 0.4) is 0 Å². The van der Waals surface area contributed by atoms with Gasteiger partial charge in [0, 0.05) is 17.4 Å². The Labute approximate surface area is 139 Å². The lowest BCUT2D eigenvalue weighted by Gasteiger charge is -2.35. The summed E-state index contributed by atoms with van der Waals surface area (Å²) in [6.07, 6.45) is 7.19. The van der Waals surface area contributed by atoms with E-state index in [0.717, 1.165) is 26.0 Å². The van der Waals surface area contributed by atoms with E-state index in [0.29, 0.717) is 0 Å². The highest BCUT2D eigenvalue weighted by atomic mass is 16.5. The molecule has 2 heterocycles. The van der Waals surface area contributed by atoms with Crippen molar-refractivity contribution in [1.29, 1.82) is 0 Å². The third-order valence-corrected chi connectivity index (χ3v) is 5.75. The number of nitrogens with one attached hydrogen (secondary N) is 1. The molecule has 0 saturated heterocycles. The molecule has 1 aliphatic heterocycles. The highest BCUT2D eigenvalue weighted by molar-refractivity contribution is 5.89. The van der Waals surface area contributed by atoms with Gasteiger partial charge in [-0.1, -0.05) is 12.1 Å². The van der Waals surface area contributed by atoms with Crippen molar-refractivity contribution in [2.24, 2.45) is 0 Å². The van der Waals surface area contributed by atoms with Gasteiger partial charge in [0.05, 0.1) is 12.3 Å². The minimum Gasteiger partial charge on any atom is -0.369 e. The molecule has 0 fully saturated rings. The SMILES string of the molecule is CN(C)CCC1(C)OCCc2c1[nH]c1c3c(ccc21)CCCC3. The molecule has 0 bridgehead atoms. The van der Waals surface area contributed by atoms with Crippen LogP contribution in [-0.4, -0.2) is 37.1 Å². The van der Waals surface area contributed by atoms with Gasteiger partial charge in [-0.25, -0.2) is 0 Å². The van der Waals surface area contributed by atoms with Gasteiger partial charge < -0.3 is 14.6 Å². The van der Waals surface area contributed by atoms with Crippen LogP contribution in [-0.2, 0) is 29.6 Å². The number of rotatable bonds is 3. The van der Waals surface area contributed by atoms with Gasteiger partial charge in [-0.15, -0.1) is 0 Å². The minimum absolute atomic E-state index is 0.182. The first-order valence-electron chi connectivity index (χ1n) is 9.03. The average Bonchev–Trinajstić information content (AvgIpc) is 2.94. The Morgan fingerprint density at radius 1 is 1.13 bits per heavy atom. The maximum atomic E-state index is 6.26. The highest BCUT2D eigenvalue weighted by Crippen LogP contribution is 2.41. The van der Waals surface area contributed by atoms with Crippen molar-refractivity contribution in [3.8, 4) is 0 Å². The molecule has 1 atom stereocenters. The summed E-state index contributed by atoms with van der Waals surface area (Å²) in [4.78, 5) is 6.06. The third kappa shape index (κ3) is 2.50. The van der Waals surface area contributed by atoms with Crippen LogP contribution in [0.25, 0.3) is 10.9 Å². The number of aryl methyl sites for hydroxylation is 2. The van der Waals surface area contributed by atoms with Crippen LogP contribution < -0.4 is 0 Å². The number of H-pyrrole nitrogens is 1. The lowest BCUT2D eigenvalue weighted by atomic mass is 9.87. The molecule has 3 nitrogen and oxygen atoms in total. The molecule has 3 heteroatoms. The summed E-state index contributed by atoms with van der Waals surface area (Å²) >= 11 is 0. The monoisotopic (exact) mass is 312 g/mol. The Morgan fingerprint density at radius 2 is 1.96 bits per heavy atom. The van der Waals surface area contributed by atoms with E-state index < -0.39 is 0 Å². The second-order valence-corrected chi connectivity index (χ2v) is 7.69. The summed E-state index contributed by atoms with van der Waals surface area (Å²) in [6.45, 7) is 4.14. The number of hydrogen-bond donors (Lipinski definition) is 1. The van der Waals surface area contributed by atoms with Crippen molar-refractivity contribution in [1.82, 2.24) is 9.88 Å². The van der Waals surface area contributed by atoms with Gasteiger partial charge in [-0.05, 0) is 76.2 Å². The lowest BCUT2D eigenvalue weighted by Crippen LogP contribution is -2.35. The van der Waals surface area contributed by atoms with Crippen LogP contribution >= 0.6 is 0 Å². The predicted octanol–water partition coefficient (Wildman–Crippen LogP) is 3.79. The van der Waals surface area contributed by atoms with Crippen LogP contribution in [0.15, 0.2) is 12.1 Å². The quantitative estimate of drug-likeness (QED) is 0.934. The summed E-state index contributed by atoms with van der Waals surface area (Å²) < 4.78 is 6.26. The van der Waals surface area contributed by atoms with Crippen LogP contribution in [0.4, 0.5) is 0 Å². The van der Waals surface area contributed by atoms with Gasteiger partial charge in [0.15, 0.2) is 0 Å². The first-order valence-corrected chi connectivity index (χ1v) is 9.03. The molecule has 1 N–H and O–H groups in total. The maximum absolute atomic E-state index is 6.26.